The van der Waals surface area contributed by atoms with Gasteiger partial charge in [-0.1, -0.05) is 0 Å². The predicted molar refractivity (Wildman–Crippen MR) is 91.9 cm³/mol. The van der Waals surface area contributed by atoms with Crippen molar-refractivity contribution < 1.29 is 8.42 Å². The van der Waals surface area contributed by atoms with Crippen molar-refractivity contribution in [3.05, 3.63) is 33.6 Å². The van der Waals surface area contributed by atoms with Gasteiger partial charge in [-0.2, -0.15) is 16.3 Å². The number of sulfonamides is 1. The predicted octanol–water partition coefficient (Wildman–Crippen LogP) is 1.09. The Kier molecular flexibility index (Phi) is 4.51. The van der Waals surface area contributed by atoms with Crippen LogP contribution in [0.5, 0.6) is 0 Å². The summed E-state index contributed by atoms with van der Waals surface area (Å²) in [5.41, 5.74) is 8.77. The van der Waals surface area contributed by atoms with Gasteiger partial charge in [-0.3, -0.25) is 0 Å². The summed E-state index contributed by atoms with van der Waals surface area (Å²) in [5, 5.41) is 7.40. The molecular weight excluding hydrogens is 334 g/mol. The average molecular weight is 353 g/mol. The van der Waals surface area contributed by atoms with Gasteiger partial charge in [0.25, 0.3) is 0 Å². The van der Waals surface area contributed by atoms with Gasteiger partial charge in [-0.15, -0.1) is 0 Å². The van der Waals surface area contributed by atoms with Gasteiger partial charge in [-0.05, 0) is 28.8 Å². The molecular formula is C14H19N5O2S2. The molecule has 0 saturated heterocycles. The third-order valence-corrected chi connectivity index (χ3v) is 5.86. The monoisotopic (exact) mass is 353 g/mol. The third-order valence-electron chi connectivity index (χ3n) is 3.83. The zero-order valence-corrected chi connectivity index (χ0v) is 14.5. The number of rotatable bonds is 4. The van der Waals surface area contributed by atoms with E-state index in [-0.39, 0.29) is 5.95 Å². The van der Waals surface area contributed by atoms with E-state index in [4.69, 9.17) is 5.73 Å². The summed E-state index contributed by atoms with van der Waals surface area (Å²) in [7, 11) is -3.20. The molecule has 0 spiro atoms. The van der Waals surface area contributed by atoms with E-state index >= 15 is 0 Å². The quantitative estimate of drug-likeness (QED) is 0.853. The molecule has 23 heavy (non-hydrogen) atoms. The highest BCUT2D eigenvalue weighted by atomic mass is 32.2. The molecule has 2 aromatic rings. The fraction of sp³-hybridized carbons (Fsp3) is 0.429. The van der Waals surface area contributed by atoms with E-state index in [1.807, 2.05) is 11.4 Å². The number of nitrogen functional groups attached to an aromatic ring is 1. The van der Waals surface area contributed by atoms with E-state index in [1.165, 1.54) is 16.1 Å². The SMILES string of the molecule is CS(=O)(=O)N1CCc2nc(N)nc(NCc3ccsc3)c2CC1. The van der Waals surface area contributed by atoms with Gasteiger partial charge in [0.2, 0.25) is 16.0 Å². The zero-order valence-electron chi connectivity index (χ0n) is 12.8. The van der Waals surface area contributed by atoms with Gasteiger partial charge in [-0.25, -0.2) is 17.7 Å². The average Bonchev–Trinajstić information content (AvgIpc) is 2.89. The van der Waals surface area contributed by atoms with E-state index in [2.05, 4.69) is 20.7 Å². The highest BCUT2D eigenvalue weighted by molar-refractivity contribution is 7.88. The Morgan fingerprint density at radius 3 is 2.83 bits per heavy atom. The summed E-state index contributed by atoms with van der Waals surface area (Å²) in [6, 6.07) is 2.05. The Balaban J connectivity index is 1.84. The number of fused-ring (bicyclic) bond motifs is 1. The van der Waals surface area contributed by atoms with Crippen molar-refractivity contribution in [1.29, 1.82) is 0 Å². The van der Waals surface area contributed by atoms with Gasteiger partial charge in [0.1, 0.15) is 5.82 Å². The molecule has 0 unspecified atom stereocenters. The fourth-order valence-electron chi connectivity index (χ4n) is 2.65. The maximum Gasteiger partial charge on any atom is 0.222 e. The molecule has 124 valence electrons. The molecule has 0 bridgehead atoms. The lowest BCUT2D eigenvalue weighted by molar-refractivity contribution is 0.430. The standard InChI is InChI=1S/C14H19N5O2S2/c1-23(20,21)19-5-2-11-12(3-6-19)17-14(15)18-13(11)16-8-10-4-7-22-9-10/h4,7,9H,2-3,5-6,8H2,1H3,(H3,15,16,17,18). The highest BCUT2D eigenvalue weighted by Gasteiger charge is 2.24. The van der Waals surface area contributed by atoms with Crippen molar-refractivity contribution in [3.8, 4) is 0 Å². The highest BCUT2D eigenvalue weighted by Crippen LogP contribution is 2.23. The molecule has 0 fully saturated rings. The Morgan fingerprint density at radius 1 is 1.35 bits per heavy atom. The third kappa shape index (κ3) is 3.80. The van der Waals surface area contributed by atoms with Crippen molar-refractivity contribution in [2.75, 3.05) is 30.4 Å². The number of anilines is 2. The maximum atomic E-state index is 11.8. The molecule has 1 aliphatic heterocycles. The molecule has 0 aliphatic carbocycles. The number of nitrogens with one attached hydrogen (secondary N) is 1. The smallest absolute Gasteiger partial charge is 0.222 e. The number of thiophene rings is 1. The van der Waals surface area contributed by atoms with E-state index in [0.29, 0.717) is 38.3 Å². The number of hydrogen-bond acceptors (Lipinski definition) is 7. The topological polar surface area (TPSA) is 101 Å². The minimum atomic E-state index is -3.20. The first kappa shape index (κ1) is 16.2. The minimum Gasteiger partial charge on any atom is -0.368 e. The summed E-state index contributed by atoms with van der Waals surface area (Å²) < 4.78 is 25.0. The minimum absolute atomic E-state index is 0.212. The fourth-order valence-corrected chi connectivity index (χ4v) is 4.17. The van der Waals surface area contributed by atoms with Gasteiger partial charge < -0.3 is 11.1 Å². The second-order valence-electron chi connectivity index (χ2n) is 5.50. The van der Waals surface area contributed by atoms with Crippen molar-refractivity contribution >= 4 is 33.1 Å². The Hall–Kier alpha value is -1.71. The molecule has 0 radical (unpaired) electrons. The molecule has 3 heterocycles. The summed E-state index contributed by atoms with van der Waals surface area (Å²) in [6.45, 7) is 1.51. The first-order valence-electron chi connectivity index (χ1n) is 7.29. The largest absolute Gasteiger partial charge is 0.368 e. The Labute approximate surface area is 139 Å². The van der Waals surface area contributed by atoms with Crippen LogP contribution in [0.2, 0.25) is 0 Å². The Bertz CT molecular complexity index is 790. The van der Waals surface area contributed by atoms with Crippen LogP contribution in [-0.4, -0.2) is 42.0 Å². The van der Waals surface area contributed by atoms with Crippen molar-refractivity contribution in [2.45, 2.75) is 19.4 Å². The van der Waals surface area contributed by atoms with E-state index in [1.54, 1.807) is 11.3 Å². The Morgan fingerprint density at radius 2 is 2.13 bits per heavy atom. The molecule has 7 nitrogen and oxygen atoms in total. The first-order valence-corrected chi connectivity index (χ1v) is 10.1. The van der Waals surface area contributed by atoms with Crippen LogP contribution in [0.3, 0.4) is 0 Å². The molecule has 1 aliphatic rings. The lowest BCUT2D eigenvalue weighted by Crippen LogP contribution is -2.32. The van der Waals surface area contributed by atoms with Crippen molar-refractivity contribution in [1.82, 2.24) is 14.3 Å². The molecule has 0 amide bonds. The number of nitrogens with two attached hydrogens (primary N) is 1. The molecule has 0 saturated carbocycles. The van der Waals surface area contributed by atoms with Gasteiger partial charge in [0.15, 0.2) is 0 Å². The zero-order chi connectivity index (χ0) is 16.4. The molecule has 9 heteroatoms. The van der Waals surface area contributed by atoms with Crippen LogP contribution in [0.15, 0.2) is 16.8 Å². The summed E-state index contributed by atoms with van der Waals surface area (Å²) in [6.07, 6.45) is 2.36. The molecule has 0 aromatic carbocycles. The molecule has 0 atom stereocenters. The van der Waals surface area contributed by atoms with Crippen LogP contribution in [0.25, 0.3) is 0 Å². The molecule has 3 rings (SSSR count). The summed E-state index contributed by atoms with van der Waals surface area (Å²) in [4.78, 5) is 8.61. The lowest BCUT2D eigenvalue weighted by atomic mass is 10.1. The van der Waals surface area contributed by atoms with Crippen LogP contribution >= 0.6 is 11.3 Å². The second kappa shape index (κ2) is 6.42. The van der Waals surface area contributed by atoms with Crippen LogP contribution in [0, 0.1) is 0 Å². The van der Waals surface area contributed by atoms with Gasteiger partial charge in [0.05, 0.1) is 11.9 Å². The molecule has 3 N–H and O–H groups in total. The van der Waals surface area contributed by atoms with Crippen LogP contribution in [-0.2, 0) is 29.4 Å². The normalized spacial score (nSPS) is 15.9. The maximum absolute atomic E-state index is 11.8. The lowest BCUT2D eigenvalue weighted by Gasteiger charge is -2.16. The molecule has 2 aromatic heterocycles. The second-order valence-corrected chi connectivity index (χ2v) is 8.27. The first-order chi connectivity index (χ1) is 10.9. The number of hydrogen-bond donors (Lipinski definition) is 2. The summed E-state index contributed by atoms with van der Waals surface area (Å²) >= 11 is 1.64. The van der Waals surface area contributed by atoms with E-state index < -0.39 is 10.0 Å². The van der Waals surface area contributed by atoms with Crippen LogP contribution in [0.4, 0.5) is 11.8 Å². The van der Waals surface area contributed by atoms with Crippen molar-refractivity contribution in [2.24, 2.45) is 0 Å². The van der Waals surface area contributed by atoms with E-state index in [9.17, 15) is 8.42 Å². The number of aromatic nitrogens is 2. The van der Waals surface area contributed by atoms with E-state index in [0.717, 1.165) is 11.3 Å². The van der Waals surface area contributed by atoms with Crippen molar-refractivity contribution in [3.63, 3.8) is 0 Å². The summed E-state index contributed by atoms with van der Waals surface area (Å²) in [5.74, 6) is 0.915. The van der Waals surface area contributed by atoms with Crippen LogP contribution < -0.4 is 11.1 Å². The van der Waals surface area contributed by atoms with Gasteiger partial charge >= 0.3 is 0 Å². The van der Waals surface area contributed by atoms with Gasteiger partial charge in [0, 0.05) is 31.6 Å². The van der Waals surface area contributed by atoms with Crippen LogP contribution in [0.1, 0.15) is 16.8 Å². The number of nitrogens with zero attached hydrogens (tertiary/aromatic N) is 3.